The summed E-state index contributed by atoms with van der Waals surface area (Å²) in [5.41, 5.74) is 3.58. The molecule has 0 aromatic carbocycles. The first-order valence-corrected chi connectivity index (χ1v) is 10.5. The molecule has 0 radical (unpaired) electrons. The number of aromatic nitrogens is 7. The van der Waals surface area contributed by atoms with Gasteiger partial charge in [0.05, 0.1) is 19.1 Å². The fourth-order valence-corrected chi connectivity index (χ4v) is 4.06. The third-order valence-corrected chi connectivity index (χ3v) is 5.75. The number of imidazole rings is 1. The lowest BCUT2D eigenvalue weighted by Gasteiger charge is -2.22. The van der Waals surface area contributed by atoms with Crippen LogP contribution in [0.25, 0.3) is 17.2 Å². The van der Waals surface area contributed by atoms with Crippen LogP contribution in [-0.4, -0.2) is 41.4 Å². The zero-order valence-electron chi connectivity index (χ0n) is 16.7. The summed E-state index contributed by atoms with van der Waals surface area (Å²) < 4.78 is 10.3. The van der Waals surface area contributed by atoms with Gasteiger partial charge in [-0.3, -0.25) is 0 Å². The molecule has 30 heavy (non-hydrogen) atoms. The van der Waals surface area contributed by atoms with E-state index in [2.05, 4.69) is 36.9 Å². The Labute approximate surface area is 182 Å². The largest absolute Gasteiger partial charge is 0.479 e. The van der Waals surface area contributed by atoms with Crippen LogP contribution in [0.3, 0.4) is 0 Å². The quantitative estimate of drug-likeness (QED) is 0.424. The second kappa shape index (κ2) is 7.64. The molecule has 5 heterocycles. The van der Waals surface area contributed by atoms with E-state index in [9.17, 15) is 0 Å². The average Bonchev–Trinajstić information content (AvgIpc) is 3.40. The number of hydrogen-bond donors (Lipinski definition) is 0. The Hall–Kier alpha value is -3.07. The first-order valence-electron chi connectivity index (χ1n) is 9.75. The third kappa shape index (κ3) is 3.39. The molecule has 0 spiro atoms. The number of hydrogen-bond acceptors (Lipinski definition) is 6. The zero-order chi connectivity index (χ0) is 20.7. The van der Waals surface area contributed by atoms with E-state index in [0.717, 1.165) is 46.8 Å². The second-order valence-electron chi connectivity index (χ2n) is 7.27. The van der Waals surface area contributed by atoms with Crippen molar-refractivity contribution in [2.75, 3.05) is 7.11 Å². The predicted octanol–water partition coefficient (Wildman–Crippen LogP) is 3.93. The molecule has 152 valence electrons. The van der Waals surface area contributed by atoms with Crippen LogP contribution in [0.1, 0.15) is 35.8 Å². The summed E-state index contributed by atoms with van der Waals surface area (Å²) >= 11 is 3.40. The fraction of sp³-hybridized carbons (Fsp3) is 0.286. The molecule has 4 aromatic rings. The number of ether oxygens (including phenoxy) is 1. The highest BCUT2D eigenvalue weighted by molar-refractivity contribution is 9.10. The molecule has 0 amide bonds. The summed E-state index contributed by atoms with van der Waals surface area (Å²) in [4.78, 5) is 18.2. The second-order valence-corrected chi connectivity index (χ2v) is 8.09. The van der Waals surface area contributed by atoms with Crippen LogP contribution in [0.4, 0.5) is 0 Å². The maximum atomic E-state index is 5.54. The Morgan fingerprint density at radius 1 is 1.13 bits per heavy atom. The molecular formula is C21H20BrN7O. The molecule has 5 rings (SSSR count). The SMILES string of the molecule is COc1nc(-c2nc3n(n2)CCC[C@@H]3c2ccc(Br)nc2)ccc1-n1cnc(C)c1. The first kappa shape index (κ1) is 18.9. The Morgan fingerprint density at radius 2 is 2.03 bits per heavy atom. The van der Waals surface area contributed by atoms with Crippen LogP contribution in [-0.2, 0) is 6.54 Å². The van der Waals surface area contributed by atoms with Crippen molar-refractivity contribution in [1.29, 1.82) is 0 Å². The number of nitrogens with zero attached hydrogens (tertiary/aromatic N) is 7. The van der Waals surface area contributed by atoms with E-state index in [-0.39, 0.29) is 5.92 Å². The van der Waals surface area contributed by atoms with E-state index in [0.29, 0.717) is 17.4 Å². The standard InChI is InChI=1S/C21H20BrN7O/c1-13-11-28(12-24-13)17-7-6-16(25-21(17)30-2)19-26-20-15(4-3-9-29(20)27-19)14-5-8-18(22)23-10-14/h5-8,10-12,15H,3-4,9H2,1-2H3/t15-/m1/s1. The van der Waals surface area contributed by atoms with E-state index in [1.807, 2.05) is 46.8 Å². The van der Waals surface area contributed by atoms with Crippen LogP contribution in [0, 0.1) is 6.92 Å². The first-order chi connectivity index (χ1) is 14.6. The van der Waals surface area contributed by atoms with Crippen LogP contribution < -0.4 is 4.74 Å². The molecule has 8 nitrogen and oxygen atoms in total. The van der Waals surface area contributed by atoms with Crippen molar-refractivity contribution < 1.29 is 4.74 Å². The van der Waals surface area contributed by atoms with Gasteiger partial charge in [0.15, 0.2) is 5.82 Å². The highest BCUT2D eigenvalue weighted by Crippen LogP contribution is 2.34. The Morgan fingerprint density at radius 3 is 2.77 bits per heavy atom. The van der Waals surface area contributed by atoms with Gasteiger partial charge in [-0.25, -0.2) is 24.6 Å². The van der Waals surface area contributed by atoms with Crippen molar-refractivity contribution >= 4 is 15.9 Å². The molecular weight excluding hydrogens is 446 g/mol. The van der Waals surface area contributed by atoms with Gasteiger partial charge in [0.2, 0.25) is 5.88 Å². The summed E-state index contributed by atoms with van der Waals surface area (Å²) in [6.07, 6.45) is 7.66. The molecule has 0 bridgehead atoms. The van der Waals surface area contributed by atoms with E-state index >= 15 is 0 Å². The maximum Gasteiger partial charge on any atom is 0.238 e. The Bertz CT molecular complexity index is 1200. The summed E-state index contributed by atoms with van der Waals surface area (Å²) in [5.74, 6) is 2.24. The normalized spacial score (nSPS) is 15.8. The maximum absolute atomic E-state index is 5.54. The summed E-state index contributed by atoms with van der Waals surface area (Å²) in [7, 11) is 1.61. The number of halogens is 1. The van der Waals surface area contributed by atoms with Gasteiger partial charge in [-0.15, -0.1) is 5.10 Å². The van der Waals surface area contributed by atoms with E-state index < -0.39 is 0 Å². The van der Waals surface area contributed by atoms with E-state index in [1.165, 1.54) is 0 Å². The van der Waals surface area contributed by atoms with Crippen molar-refractivity contribution in [2.24, 2.45) is 0 Å². The third-order valence-electron chi connectivity index (χ3n) is 5.28. The topological polar surface area (TPSA) is 83.5 Å². The van der Waals surface area contributed by atoms with Crippen molar-refractivity contribution in [1.82, 2.24) is 34.3 Å². The molecule has 0 N–H and O–H groups in total. The van der Waals surface area contributed by atoms with Crippen LogP contribution >= 0.6 is 15.9 Å². The molecule has 1 atom stereocenters. The van der Waals surface area contributed by atoms with Crippen molar-refractivity contribution in [3.8, 4) is 23.1 Å². The average molecular weight is 466 g/mol. The molecule has 9 heteroatoms. The Kier molecular flexibility index (Phi) is 4.82. The zero-order valence-corrected chi connectivity index (χ0v) is 18.2. The molecule has 0 saturated carbocycles. The van der Waals surface area contributed by atoms with Crippen LogP contribution in [0.15, 0.2) is 47.6 Å². The molecule has 0 unspecified atom stereocenters. The van der Waals surface area contributed by atoms with Gasteiger partial charge in [0, 0.05) is 24.9 Å². The number of fused-ring (bicyclic) bond motifs is 1. The molecule has 1 aliphatic heterocycles. The monoisotopic (exact) mass is 465 g/mol. The minimum Gasteiger partial charge on any atom is -0.479 e. The molecule has 0 aliphatic carbocycles. The summed E-state index contributed by atoms with van der Waals surface area (Å²) in [6.45, 7) is 2.80. The van der Waals surface area contributed by atoms with E-state index in [4.69, 9.17) is 14.8 Å². The molecule has 4 aromatic heterocycles. The minimum absolute atomic E-state index is 0.177. The fourth-order valence-electron chi connectivity index (χ4n) is 3.83. The number of aryl methyl sites for hydroxylation is 2. The number of rotatable bonds is 4. The molecule has 0 saturated heterocycles. The van der Waals surface area contributed by atoms with Crippen molar-refractivity contribution in [3.05, 3.63) is 64.7 Å². The minimum atomic E-state index is 0.177. The number of pyridine rings is 2. The van der Waals surface area contributed by atoms with Gasteiger partial charge in [0.25, 0.3) is 0 Å². The smallest absolute Gasteiger partial charge is 0.238 e. The molecule has 0 fully saturated rings. The summed E-state index contributed by atoms with van der Waals surface area (Å²) in [5, 5.41) is 4.73. The highest BCUT2D eigenvalue weighted by atomic mass is 79.9. The van der Waals surface area contributed by atoms with Gasteiger partial charge in [-0.1, -0.05) is 6.07 Å². The van der Waals surface area contributed by atoms with E-state index in [1.54, 1.807) is 13.4 Å². The van der Waals surface area contributed by atoms with Crippen molar-refractivity contribution in [2.45, 2.75) is 32.2 Å². The predicted molar refractivity (Wildman–Crippen MR) is 115 cm³/mol. The van der Waals surface area contributed by atoms with Gasteiger partial charge in [-0.05, 0) is 59.5 Å². The molecule has 1 aliphatic rings. The number of methoxy groups -OCH3 is 1. The summed E-state index contributed by atoms with van der Waals surface area (Å²) in [6, 6.07) is 7.94. The lowest BCUT2D eigenvalue weighted by Crippen LogP contribution is -2.18. The highest BCUT2D eigenvalue weighted by Gasteiger charge is 2.27. The van der Waals surface area contributed by atoms with Crippen LogP contribution in [0.2, 0.25) is 0 Å². The van der Waals surface area contributed by atoms with Gasteiger partial charge >= 0.3 is 0 Å². The lowest BCUT2D eigenvalue weighted by molar-refractivity contribution is 0.396. The van der Waals surface area contributed by atoms with Crippen molar-refractivity contribution in [3.63, 3.8) is 0 Å². The van der Waals surface area contributed by atoms with Gasteiger partial charge < -0.3 is 9.30 Å². The lowest BCUT2D eigenvalue weighted by atomic mass is 9.92. The van der Waals surface area contributed by atoms with Gasteiger partial charge in [0.1, 0.15) is 21.8 Å². The van der Waals surface area contributed by atoms with Gasteiger partial charge in [-0.2, -0.15) is 0 Å². The van der Waals surface area contributed by atoms with Crippen LogP contribution in [0.5, 0.6) is 5.88 Å². The Balaban J connectivity index is 1.52.